The van der Waals surface area contributed by atoms with E-state index in [-0.39, 0.29) is 17.9 Å². The van der Waals surface area contributed by atoms with Crippen LogP contribution in [0.2, 0.25) is 0 Å². The summed E-state index contributed by atoms with van der Waals surface area (Å²) in [5, 5.41) is 6.02. The molecule has 2 saturated heterocycles. The van der Waals surface area contributed by atoms with E-state index in [1.807, 2.05) is 18.0 Å². The molecule has 21 heavy (non-hydrogen) atoms. The van der Waals surface area contributed by atoms with E-state index in [4.69, 9.17) is 0 Å². The molecule has 1 aromatic heterocycles. The van der Waals surface area contributed by atoms with Gasteiger partial charge in [0.2, 0.25) is 5.91 Å². The molecule has 3 heterocycles. The summed E-state index contributed by atoms with van der Waals surface area (Å²) in [7, 11) is 1.82. The number of carbonyl (C=O) groups is 2. The predicted octanol–water partition coefficient (Wildman–Crippen LogP) is 0.864. The van der Waals surface area contributed by atoms with Crippen molar-refractivity contribution in [2.75, 3.05) is 25.5 Å². The van der Waals surface area contributed by atoms with Gasteiger partial charge in [0.1, 0.15) is 5.69 Å². The van der Waals surface area contributed by atoms with Gasteiger partial charge in [0.15, 0.2) is 0 Å². The third-order valence-electron chi connectivity index (χ3n) is 4.38. The fraction of sp³-hybridized carbons (Fsp3) is 0.533. The number of likely N-dealkylation sites (tertiary alicyclic amines) is 1. The maximum absolute atomic E-state index is 12.5. The van der Waals surface area contributed by atoms with E-state index in [0.29, 0.717) is 31.1 Å². The SMILES string of the molecule is CNc1ccc(C(=O)N2CCC3NC(=O)CCC3C2)nc1. The first-order valence-corrected chi connectivity index (χ1v) is 7.40. The van der Waals surface area contributed by atoms with Crippen molar-refractivity contribution in [1.82, 2.24) is 15.2 Å². The zero-order valence-electron chi connectivity index (χ0n) is 12.1. The first-order chi connectivity index (χ1) is 10.2. The molecule has 0 radical (unpaired) electrons. The Morgan fingerprint density at radius 3 is 3.00 bits per heavy atom. The number of fused-ring (bicyclic) bond motifs is 1. The van der Waals surface area contributed by atoms with Gasteiger partial charge in [0, 0.05) is 32.6 Å². The van der Waals surface area contributed by atoms with Crippen molar-refractivity contribution in [2.24, 2.45) is 5.92 Å². The molecule has 0 aromatic carbocycles. The van der Waals surface area contributed by atoms with Crippen molar-refractivity contribution in [3.05, 3.63) is 24.0 Å². The summed E-state index contributed by atoms with van der Waals surface area (Å²) >= 11 is 0. The van der Waals surface area contributed by atoms with Crippen LogP contribution < -0.4 is 10.6 Å². The minimum absolute atomic E-state index is 0.0204. The molecular weight excluding hydrogens is 268 g/mol. The third kappa shape index (κ3) is 2.84. The largest absolute Gasteiger partial charge is 0.387 e. The number of piperidine rings is 2. The first kappa shape index (κ1) is 13.9. The summed E-state index contributed by atoms with van der Waals surface area (Å²) < 4.78 is 0. The molecular formula is C15H20N4O2. The van der Waals surface area contributed by atoms with Crippen molar-refractivity contribution in [3.8, 4) is 0 Å². The van der Waals surface area contributed by atoms with Gasteiger partial charge >= 0.3 is 0 Å². The molecule has 2 N–H and O–H groups in total. The van der Waals surface area contributed by atoms with E-state index in [1.54, 1.807) is 12.3 Å². The van der Waals surface area contributed by atoms with Crippen LogP contribution in [0.3, 0.4) is 0 Å². The van der Waals surface area contributed by atoms with Crippen LogP contribution in [-0.4, -0.2) is 47.9 Å². The zero-order valence-corrected chi connectivity index (χ0v) is 12.1. The first-order valence-electron chi connectivity index (χ1n) is 7.40. The molecule has 2 fully saturated rings. The van der Waals surface area contributed by atoms with Crippen molar-refractivity contribution in [1.29, 1.82) is 0 Å². The maximum atomic E-state index is 12.5. The van der Waals surface area contributed by atoms with Gasteiger partial charge in [-0.3, -0.25) is 9.59 Å². The third-order valence-corrected chi connectivity index (χ3v) is 4.38. The van der Waals surface area contributed by atoms with E-state index < -0.39 is 0 Å². The molecule has 1 aromatic rings. The fourth-order valence-corrected chi connectivity index (χ4v) is 3.12. The molecule has 0 spiro atoms. The van der Waals surface area contributed by atoms with Gasteiger partial charge in [-0.1, -0.05) is 0 Å². The van der Waals surface area contributed by atoms with Gasteiger partial charge in [0.25, 0.3) is 5.91 Å². The Hall–Kier alpha value is -2.11. The Morgan fingerprint density at radius 2 is 2.29 bits per heavy atom. The van der Waals surface area contributed by atoms with Crippen LogP contribution in [0, 0.1) is 5.92 Å². The maximum Gasteiger partial charge on any atom is 0.272 e. The molecule has 2 atom stereocenters. The Balaban J connectivity index is 1.67. The number of amides is 2. The van der Waals surface area contributed by atoms with Gasteiger partial charge in [-0.2, -0.15) is 0 Å². The van der Waals surface area contributed by atoms with Crippen molar-refractivity contribution in [3.63, 3.8) is 0 Å². The second kappa shape index (κ2) is 5.71. The molecule has 2 aliphatic rings. The van der Waals surface area contributed by atoms with Crippen LogP contribution in [0.1, 0.15) is 29.8 Å². The Bertz CT molecular complexity index is 543. The van der Waals surface area contributed by atoms with Gasteiger partial charge in [-0.15, -0.1) is 0 Å². The second-order valence-corrected chi connectivity index (χ2v) is 5.69. The van der Waals surface area contributed by atoms with Crippen molar-refractivity contribution in [2.45, 2.75) is 25.3 Å². The Labute approximate surface area is 123 Å². The normalized spacial score (nSPS) is 25.0. The summed E-state index contributed by atoms with van der Waals surface area (Å²) in [5.74, 6) is 0.491. The summed E-state index contributed by atoms with van der Waals surface area (Å²) in [6.45, 7) is 1.38. The van der Waals surface area contributed by atoms with Crippen LogP contribution in [0.5, 0.6) is 0 Å². The highest BCUT2D eigenvalue weighted by atomic mass is 16.2. The molecule has 6 nitrogen and oxygen atoms in total. The second-order valence-electron chi connectivity index (χ2n) is 5.69. The molecule has 0 aliphatic carbocycles. The number of aromatic nitrogens is 1. The molecule has 3 rings (SSSR count). The summed E-state index contributed by atoms with van der Waals surface area (Å²) in [6.07, 6.45) is 3.93. The lowest BCUT2D eigenvalue weighted by Crippen LogP contribution is -2.55. The van der Waals surface area contributed by atoms with Crippen molar-refractivity contribution >= 4 is 17.5 Å². The highest BCUT2D eigenvalue weighted by Crippen LogP contribution is 2.26. The van der Waals surface area contributed by atoms with Gasteiger partial charge in [-0.25, -0.2) is 4.98 Å². The lowest BCUT2D eigenvalue weighted by molar-refractivity contribution is -0.125. The lowest BCUT2D eigenvalue weighted by atomic mass is 9.85. The number of nitrogens with zero attached hydrogens (tertiary/aromatic N) is 2. The molecule has 2 aliphatic heterocycles. The van der Waals surface area contributed by atoms with Crippen LogP contribution in [0.25, 0.3) is 0 Å². The predicted molar refractivity (Wildman–Crippen MR) is 79.0 cm³/mol. The minimum atomic E-state index is -0.0204. The number of nitrogens with one attached hydrogen (secondary N) is 2. The van der Waals surface area contributed by atoms with Gasteiger partial charge in [0.05, 0.1) is 11.9 Å². The monoisotopic (exact) mass is 288 g/mol. The fourth-order valence-electron chi connectivity index (χ4n) is 3.12. The number of rotatable bonds is 2. The van der Waals surface area contributed by atoms with E-state index in [9.17, 15) is 9.59 Å². The Morgan fingerprint density at radius 1 is 1.43 bits per heavy atom. The summed E-state index contributed by atoms with van der Waals surface area (Å²) in [6, 6.07) is 3.84. The molecule has 0 saturated carbocycles. The summed E-state index contributed by atoms with van der Waals surface area (Å²) in [5.41, 5.74) is 1.37. The number of carbonyl (C=O) groups excluding carboxylic acids is 2. The van der Waals surface area contributed by atoms with Crippen LogP contribution in [-0.2, 0) is 4.79 Å². The molecule has 2 unspecified atom stereocenters. The topological polar surface area (TPSA) is 74.3 Å². The highest BCUT2D eigenvalue weighted by molar-refractivity contribution is 5.92. The van der Waals surface area contributed by atoms with E-state index in [2.05, 4.69) is 15.6 Å². The standard InChI is InChI=1S/C15H20N4O2/c1-16-11-3-4-13(17-8-11)15(21)19-7-6-12-10(9-19)2-5-14(20)18-12/h3-4,8,10,12,16H,2,5-7,9H2,1H3,(H,18,20). The average Bonchev–Trinajstić information content (AvgIpc) is 2.53. The van der Waals surface area contributed by atoms with Crippen LogP contribution in [0.15, 0.2) is 18.3 Å². The highest BCUT2D eigenvalue weighted by Gasteiger charge is 2.35. The van der Waals surface area contributed by atoms with Crippen molar-refractivity contribution < 1.29 is 9.59 Å². The average molecular weight is 288 g/mol. The van der Waals surface area contributed by atoms with E-state index in [0.717, 1.165) is 18.5 Å². The van der Waals surface area contributed by atoms with Gasteiger partial charge in [-0.05, 0) is 30.9 Å². The zero-order chi connectivity index (χ0) is 14.8. The molecule has 2 amide bonds. The number of hydrogen-bond acceptors (Lipinski definition) is 4. The van der Waals surface area contributed by atoms with Crippen LogP contribution >= 0.6 is 0 Å². The number of anilines is 1. The van der Waals surface area contributed by atoms with E-state index >= 15 is 0 Å². The van der Waals surface area contributed by atoms with Crippen LogP contribution in [0.4, 0.5) is 5.69 Å². The molecule has 112 valence electrons. The summed E-state index contributed by atoms with van der Waals surface area (Å²) in [4.78, 5) is 30.0. The van der Waals surface area contributed by atoms with E-state index in [1.165, 1.54) is 0 Å². The van der Waals surface area contributed by atoms with Gasteiger partial charge < -0.3 is 15.5 Å². The molecule has 0 bridgehead atoms. The smallest absolute Gasteiger partial charge is 0.272 e. The number of hydrogen-bond donors (Lipinski definition) is 2. The number of pyridine rings is 1. The minimum Gasteiger partial charge on any atom is -0.387 e. The molecule has 6 heteroatoms. The lowest BCUT2D eigenvalue weighted by Gasteiger charge is -2.41. The quantitative estimate of drug-likeness (QED) is 0.846. The Kier molecular flexibility index (Phi) is 3.77.